The fourth-order valence-electron chi connectivity index (χ4n) is 0.361. The summed E-state index contributed by atoms with van der Waals surface area (Å²) in [4.78, 5) is 0. The normalized spacial score (nSPS) is 24.0. The number of nitrogens with one attached hydrogen (secondary N) is 1. The van der Waals surface area contributed by atoms with E-state index in [1.807, 2.05) is 0 Å². The average molecular weight is 185 g/mol. The minimum absolute atomic E-state index is 0.354. The predicted molar refractivity (Wildman–Crippen MR) is 23.2 cm³/mol. The van der Waals surface area contributed by atoms with Crippen LogP contribution in [-0.4, -0.2) is 27.7 Å². The molecule has 0 saturated carbocycles. The first-order chi connectivity index (χ1) is 2.50. The SMILES string of the molecule is C1CN[Te]C1. The van der Waals surface area contributed by atoms with E-state index in [1.165, 1.54) is 17.4 Å². The van der Waals surface area contributed by atoms with Gasteiger partial charge in [0.15, 0.2) is 0 Å². The van der Waals surface area contributed by atoms with Gasteiger partial charge in [-0.2, -0.15) is 0 Å². The van der Waals surface area contributed by atoms with E-state index in [0.717, 1.165) is 0 Å². The molecule has 1 heterocycles. The molecule has 0 radical (unpaired) electrons. The summed E-state index contributed by atoms with van der Waals surface area (Å²) >= 11 is 0.354. The van der Waals surface area contributed by atoms with Crippen LogP contribution >= 0.6 is 0 Å². The van der Waals surface area contributed by atoms with Crippen molar-refractivity contribution in [3.05, 3.63) is 0 Å². The molecule has 0 aliphatic carbocycles. The van der Waals surface area contributed by atoms with Gasteiger partial charge in [0.25, 0.3) is 0 Å². The van der Waals surface area contributed by atoms with E-state index in [2.05, 4.69) is 3.57 Å². The zero-order valence-electron chi connectivity index (χ0n) is 3.03. The van der Waals surface area contributed by atoms with Gasteiger partial charge in [0, 0.05) is 0 Å². The molecule has 0 aromatic rings. The Balaban J connectivity index is 2.08. The van der Waals surface area contributed by atoms with Gasteiger partial charge < -0.3 is 0 Å². The fraction of sp³-hybridized carbons (Fsp3) is 1.00. The minimum atomic E-state index is 0.354. The summed E-state index contributed by atoms with van der Waals surface area (Å²) in [5, 5.41) is 0. The van der Waals surface area contributed by atoms with Gasteiger partial charge in [0.05, 0.1) is 0 Å². The number of hydrogen-bond donors (Lipinski definition) is 1. The van der Waals surface area contributed by atoms with E-state index in [1.54, 1.807) is 0 Å². The fourth-order valence-corrected chi connectivity index (χ4v) is 2.42. The van der Waals surface area contributed by atoms with E-state index in [-0.39, 0.29) is 0 Å². The standard InChI is InChI=1S/C3H7NTe/c1-2-4-5-3-1/h4H,1-3H2. The van der Waals surface area contributed by atoms with Crippen molar-refractivity contribution in [2.45, 2.75) is 10.9 Å². The topological polar surface area (TPSA) is 12.0 Å². The van der Waals surface area contributed by atoms with Gasteiger partial charge in [-0.05, 0) is 0 Å². The molecule has 1 saturated heterocycles. The van der Waals surface area contributed by atoms with Crippen LogP contribution in [0.5, 0.6) is 0 Å². The zero-order valence-corrected chi connectivity index (χ0v) is 5.36. The molecule has 0 atom stereocenters. The Kier molecular flexibility index (Phi) is 1.59. The molecule has 5 heavy (non-hydrogen) atoms. The van der Waals surface area contributed by atoms with Crippen LogP contribution in [0.2, 0.25) is 4.47 Å². The maximum atomic E-state index is 3.35. The average Bonchev–Trinajstić information content (AvgIpc) is 1.76. The first-order valence-corrected chi connectivity index (χ1v) is 4.66. The Morgan fingerprint density at radius 3 is 2.80 bits per heavy atom. The van der Waals surface area contributed by atoms with Crippen LogP contribution in [0.3, 0.4) is 0 Å². The first kappa shape index (κ1) is 3.92. The summed E-state index contributed by atoms with van der Waals surface area (Å²) in [6, 6.07) is 0. The van der Waals surface area contributed by atoms with Crippen molar-refractivity contribution < 1.29 is 0 Å². The van der Waals surface area contributed by atoms with Gasteiger partial charge >= 0.3 is 42.2 Å². The third-order valence-electron chi connectivity index (χ3n) is 0.627. The van der Waals surface area contributed by atoms with Crippen LogP contribution in [-0.2, 0) is 0 Å². The quantitative estimate of drug-likeness (QED) is 0.524. The van der Waals surface area contributed by atoms with Crippen LogP contribution in [0.25, 0.3) is 0 Å². The Hall–Kier alpha value is 0.750. The molecule has 0 spiro atoms. The predicted octanol–water partition coefficient (Wildman–Crippen LogP) is 0.0172. The molecule has 0 aromatic heterocycles. The van der Waals surface area contributed by atoms with Crippen molar-refractivity contribution in [3.8, 4) is 0 Å². The van der Waals surface area contributed by atoms with Crippen molar-refractivity contribution in [3.63, 3.8) is 0 Å². The Morgan fingerprint density at radius 1 is 1.60 bits per heavy atom. The summed E-state index contributed by atoms with van der Waals surface area (Å²) < 4.78 is 4.87. The van der Waals surface area contributed by atoms with Crippen molar-refractivity contribution in [2.75, 3.05) is 6.54 Å². The molecule has 2 heteroatoms. The summed E-state index contributed by atoms with van der Waals surface area (Å²) in [7, 11) is 0. The van der Waals surface area contributed by atoms with Crippen LogP contribution < -0.4 is 3.57 Å². The molecule has 1 N–H and O–H groups in total. The van der Waals surface area contributed by atoms with Crippen molar-refractivity contribution >= 4 is 21.2 Å². The van der Waals surface area contributed by atoms with Gasteiger partial charge in [-0.15, -0.1) is 0 Å². The van der Waals surface area contributed by atoms with E-state index in [4.69, 9.17) is 0 Å². The second-order valence-electron chi connectivity index (χ2n) is 1.10. The number of rotatable bonds is 0. The summed E-state index contributed by atoms with van der Waals surface area (Å²) in [6.45, 7) is 1.31. The van der Waals surface area contributed by atoms with Gasteiger partial charge in [-0.1, -0.05) is 0 Å². The molecule has 30 valence electrons. The van der Waals surface area contributed by atoms with E-state index in [0.29, 0.717) is 21.2 Å². The third kappa shape index (κ3) is 1.09. The number of hydrogen-bond acceptors (Lipinski definition) is 1. The molecule has 1 nitrogen and oxygen atoms in total. The van der Waals surface area contributed by atoms with Gasteiger partial charge in [-0.25, -0.2) is 0 Å². The van der Waals surface area contributed by atoms with Gasteiger partial charge in [0.1, 0.15) is 0 Å². The second kappa shape index (κ2) is 2.02. The molecular formula is C3H7NTe. The molecule has 0 aromatic carbocycles. The van der Waals surface area contributed by atoms with E-state index >= 15 is 0 Å². The molecular weight excluding hydrogens is 178 g/mol. The van der Waals surface area contributed by atoms with Crippen molar-refractivity contribution in [1.82, 2.24) is 3.57 Å². The van der Waals surface area contributed by atoms with Crippen molar-refractivity contribution in [2.24, 2.45) is 0 Å². The summed E-state index contributed by atoms with van der Waals surface area (Å²) in [6.07, 6.45) is 1.45. The van der Waals surface area contributed by atoms with Gasteiger partial charge in [-0.3, -0.25) is 0 Å². The maximum absolute atomic E-state index is 3.35. The van der Waals surface area contributed by atoms with E-state index in [9.17, 15) is 0 Å². The Bertz CT molecular complexity index is 18.5. The molecule has 1 fully saturated rings. The molecule has 1 rings (SSSR count). The van der Waals surface area contributed by atoms with Crippen molar-refractivity contribution in [1.29, 1.82) is 0 Å². The Labute approximate surface area is 42.6 Å². The second-order valence-corrected chi connectivity index (χ2v) is 3.91. The Morgan fingerprint density at radius 2 is 2.60 bits per heavy atom. The molecule has 0 unspecified atom stereocenters. The first-order valence-electron chi connectivity index (χ1n) is 1.85. The monoisotopic (exact) mass is 187 g/mol. The third-order valence-corrected chi connectivity index (χ3v) is 3.20. The molecule has 1 aliphatic heterocycles. The van der Waals surface area contributed by atoms with Crippen LogP contribution in [0.1, 0.15) is 6.42 Å². The van der Waals surface area contributed by atoms with Crippen LogP contribution in [0, 0.1) is 0 Å². The summed E-state index contributed by atoms with van der Waals surface area (Å²) in [5.74, 6) is 0. The van der Waals surface area contributed by atoms with Crippen LogP contribution in [0.4, 0.5) is 0 Å². The van der Waals surface area contributed by atoms with Gasteiger partial charge in [0.2, 0.25) is 0 Å². The van der Waals surface area contributed by atoms with E-state index < -0.39 is 0 Å². The molecule has 0 amide bonds. The molecule has 1 aliphatic rings. The molecule has 0 bridgehead atoms. The summed E-state index contributed by atoms with van der Waals surface area (Å²) in [5.41, 5.74) is 0. The van der Waals surface area contributed by atoms with Crippen LogP contribution in [0.15, 0.2) is 0 Å². The zero-order chi connectivity index (χ0) is 3.54.